The van der Waals surface area contributed by atoms with Gasteiger partial charge in [-0.25, -0.2) is 4.98 Å². The normalized spacial score (nSPS) is 17.8. The van der Waals surface area contributed by atoms with Crippen molar-refractivity contribution in [1.29, 1.82) is 0 Å². The zero-order chi connectivity index (χ0) is 63.5. The summed E-state index contributed by atoms with van der Waals surface area (Å²) in [6.45, 7) is -9.94. The molecule has 0 bridgehead atoms. The van der Waals surface area contributed by atoms with Crippen LogP contribution in [0.3, 0.4) is 0 Å². The van der Waals surface area contributed by atoms with Crippen LogP contribution >= 0.6 is 0 Å². The highest BCUT2D eigenvalue weighted by atomic mass is 16.3. The quantitative estimate of drug-likeness (QED) is 0.157. The van der Waals surface area contributed by atoms with Crippen molar-refractivity contribution in [3.63, 3.8) is 0 Å². The van der Waals surface area contributed by atoms with E-state index in [0.29, 0.717) is 38.9 Å². The van der Waals surface area contributed by atoms with Crippen molar-refractivity contribution in [3.8, 4) is 78.6 Å². The summed E-state index contributed by atoms with van der Waals surface area (Å²) in [6, 6.07) is 27.7. The molecule has 0 aliphatic rings. The highest BCUT2D eigenvalue weighted by Crippen LogP contribution is 2.44. The van der Waals surface area contributed by atoms with Crippen LogP contribution in [0.2, 0.25) is 0 Å². The first-order valence-electron chi connectivity index (χ1n) is 31.8. The monoisotopic (exact) mass is 858 g/mol. The molecular formula is C60H57N3O. The van der Waals surface area contributed by atoms with Crippen LogP contribution in [-0.2, 0) is 5.41 Å². The number of hydrogen-bond acceptors (Lipinski definition) is 3. The minimum absolute atomic E-state index is 0.0548. The average Bonchev–Trinajstić information content (AvgIpc) is 0.782. The van der Waals surface area contributed by atoms with Crippen molar-refractivity contribution in [1.82, 2.24) is 14.5 Å². The van der Waals surface area contributed by atoms with Gasteiger partial charge >= 0.3 is 0 Å². The average molecular weight is 858 g/mol. The summed E-state index contributed by atoms with van der Waals surface area (Å²) in [5, 5.41) is 12.4. The van der Waals surface area contributed by atoms with Crippen molar-refractivity contribution in [2.24, 2.45) is 0 Å². The molecule has 1 N–H and O–H groups in total. The van der Waals surface area contributed by atoms with Crippen LogP contribution in [0.25, 0.3) is 83.9 Å². The van der Waals surface area contributed by atoms with Crippen LogP contribution < -0.4 is 0 Å². The third-order valence-electron chi connectivity index (χ3n) is 11.3. The summed E-state index contributed by atoms with van der Waals surface area (Å²) >= 11 is 0. The summed E-state index contributed by atoms with van der Waals surface area (Å²) in [6.07, 6.45) is -0.814. The van der Waals surface area contributed by atoms with Gasteiger partial charge in [-0.1, -0.05) is 151 Å². The van der Waals surface area contributed by atoms with E-state index < -0.39 is 104 Å². The maximum atomic E-state index is 12.4. The zero-order valence-electron chi connectivity index (χ0n) is 57.5. The maximum absolute atomic E-state index is 12.4. The summed E-state index contributed by atoms with van der Waals surface area (Å²) in [5.41, 5.74) is -2.92. The van der Waals surface area contributed by atoms with E-state index in [-0.39, 0.29) is 62.6 Å². The van der Waals surface area contributed by atoms with E-state index in [0.717, 1.165) is 5.56 Å². The molecule has 0 spiro atoms. The Morgan fingerprint density at radius 1 is 0.609 bits per heavy atom. The molecule has 2 aromatic heterocycles. The Bertz CT molecular complexity index is 4070. The predicted molar refractivity (Wildman–Crippen MR) is 269 cm³/mol. The lowest BCUT2D eigenvalue weighted by Gasteiger charge is -2.19. The van der Waals surface area contributed by atoms with E-state index in [4.69, 9.17) is 31.0 Å². The highest BCUT2D eigenvalue weighted by Gasteiger charge is 2.25. The van der Waals surface area contributed by atoms with Gasteiger partial charge in [0, 0.05) is 43.5 Å². The van der Waals surface area contributed by atoms with Crippen molar-refractivity contribution in [2.45, 2.75) is 79.2 Å². The first-order chi connectivity index (χ1) is 39.8. The van der Waals surface area contributed by atoms with Crippen LogP contribution in [0.15, 0.2) is 164 Å². The third-order valence-corrected chi connectivity index (χ3v) is 11.3. The lowest BCUT2D eigenvalue weighted by molar-refractivity contribution is 0.466. The Kier molecular flexibility index (Phi) is 6.23. The molecule has 4 heteroatoms. The minimum atomic E-state index is -3.97. The standard InChI is InChI=1S/C60H57N3O/c1-37(2)45-33-52(38(3)4)58(64)54(34-45)59-62-57-51(21-16-22-56(57)63(59)50-29-39(5)40(6)53(36-50)43-19-14-11-15-20-43)47-30-46(41-17-12-10-13-18-41)31-48(32-47)55-35-44(27-28-61-55)42-23-25-49(26-24-42)60(7,8)9/h10-38,64H,1-9H3/i5D3,6D3,7D3,8D3,9D3,23D,24D,25D,26D,27D,28D,35D. The van der Waals surface area contributed by atoms with E-state index in [2.05, 4.69) is 4.98 Å². The lowest BCUT2D eigenvalue weighted by Crippen LogP contribution is -2.10. The minimum Gasteiger partial charge on any atom is -0.507 e. The topological polar surface area (TPSA) is 50.9 Å². The third kappa shape index (κ3) is 8.05. The summed E-state index contributed by atoms with van der Waals surface area (Å²) in [7, 11) is 0. The molecule has 0 atom stereocenters. The molecule has 0 saturated heterocycles. The van der Waals surface area contributed by atoms with E-state index >= 15 is 0 Å². The van der Waals surface area contributed by atoms with Gasteiger partial charge < -0.3 is 5.11 Å². The Morgan fingerprint density at radius 3 is 2.02 bits per heavy atom. The number of benzene rings is 7. The molecule has 0 aliphatic carbocycles. The SMILES string of the molecule is [2H]c1nc(-c2cc(-c3ccccc3)cc(-c3cccc4c3nc(-c3cc(C(C)C)cc(C(C)C)c3O)n4-c3cc(-c4ccccc4)c(C([2H])([2H])[2H])c(C([2H])([2H])[2H])c3)c2)c([2H])c(-c2c([2H])c([2H])c(C(C([2H])([2H])[2H])(C([2H])([2H])[2H])C([2H])([2H])[2H])c([2H])c2[2H])c1[2H]. The molecule has 0 amide bonds. The number of phenols is 1. The van der Waals surface area contributed by atoms with Gasteiger partial charge in [0.2, 0.25) is 0 Å². The Labute approximate surface area is 409 Å². The van der Waals surface area contributed by atoms with Gasteiger partial charge in [0.1, 0.15) is 11.6 Å². The largest absolute Gasteiger partial charge is 0.507 e. The number of aryl methyl sites for hydroxylation is 1. The molecule has 64 heavy (non-hydrogen) atoms. The number of rotatable bonds is 9. The first kappa shape index (κ1) is 23.6. The summed E-state index contributed by atoms with van der Waals surface area (Å²) in [4.78, 5) is 9.71. The maximum Gasteiger partial charge on any atom is 0.149 e. The van der Waals surface area contributed by atoms with Gasteiger partial charge in [-0.2, -0.15) is 0 Å². The summed E-state index contributed by atoms with van der Waals surface area (Å²) in [5.74, 6) is -0.205. The number of fused-ring (bicyclic) bond motifs is 1. The van der Waals surface area contributed by atoms with E-state index in [1.165, 1.54) is 6.07 Å². The Balaban J connectivity index is 1.39. The fraction of sp³-hybridized carbons (Fsp3) is 0.200. The molecule has 9 rings (SSSR count). The number of para-hydroxylation sites is 1. The fourth-order valence-corrected chi connectivity index (χ4v) is 7.92. The highest BCUT2D eigenvalue weighted by molar-refractivity contribution is 5.98. The second kappa shape index (κ2) is 16.9. The Morgan fingerprint density at radius 2 is 1.33 bits per heavy atom. The number of hydrogen-bond donors (Lipinski definition) is 1. The fourth-order valence-electron chi connectivity index (χ4n) is 7.92. The lowest BCUT2D eigenvalue weighted by atomic mass is 9.86. The number of pyridine rings is 1. The smallest absolute Gasteiger partial charge is 0.149 e. The molecule has 0 fully saturated rings. The molecule has 0 saturated carbocycles. The van der Waals surface area contributed by atoms with Crippen molar-refractivity contribution >= 4 is 11.0 Å². The van der Waals surface area contributed by atoms with Crippen LogP contribution in [0, 0.1) is 13.7 Å². The number of aromatic nitrogens is 3. The van der Waals surface area contributed by atoms with Gasteiger partial charge in [0.05, 0.1) is 31.9 Å². The molecule has 4 nitrogen and oxygen atoms in total. The van der Waals surface area contributed by atoms with Crippen LogP contribution in [0.1, 0.15) is 118 Å². The molecule has 0 radical (unpaired) electrons. The number of phenolic OH excluding ortho intramolecular Hbond substituents is 1. The molecule has 0 aliphatic heterocycles. The van der Waals surface area contributed by atoms with E-state index in [1.54, 1.807) is 108 Å². The van der Waals surface area contributed by atoms with Crippen molar-refractivity contribution in [3.05, 3.63) is 192 Å². The van der Waals surface area contributed by atoms with Crippen molar-refractivity contribution in [2.75, 3.05) is 0 Å². The summed E-state index contributed by atoms with van der Waals surface area (Å²) < 4.78 is 193. The van der Waals surface area contributed by atoms with E-state index in [1.807, 2.05) is 39.8 Å². The molecule has 2 heterocycles. The zero-order valence-corrected chi connectivity index (χ0v) is 35.5. The number of nitrogens with zero attached hydrogens (tertiary/aromatic N) is 3. The Hall–Kier alpha value is -7.04. The van der Waals surface area contributed by atoms with Gasteiger partial charge in [0.15, 0.2) is 0 Å². The van der Waals surface area contributed by atoms with Crippen LogP contribution in [-0.4, -0.2) is 19.6 Å². The van der Waals surface area contributed by atoms with Gasteiger partial charge in [0.25, 0.3) is 0 Å². The number of aromatic hydroxyl groups is 1. The van der Waals surface area contributed by atoms with E-state index in [9.17, 15) is 9.22 Å². The molecule has 318 valence electrons. The molecular weight excluding hydrogens is 779 g/mol. The predicted octanol–water partition coefficient (Wildman–Crippen LogP) is 16.3. The second-order valence-electron chi connectivity index (χ2n) is 16.4. The number of imidazole rings is 1. The van der Waals surface area contributed by atoms with Crippen LogP contribution in [0.5, 0.6) is 5.75 Å². The molecule has 9 aromatic rings. The molecule has 0 unspecified atom stereocenters. The first-order valence-corrected chi connectivity index (χ1v) is 20.8. The van der Waals surface area contributed by atoms with Gasteiger partial charge in [-0.3, -0.25) is 9.55 Å². The van der Waals surface area contributed by atoms with Gasteiger partial charge in [-0.05, 0) is 152 Å². The molecule has 7 aromatic carbocycles. The van der Waals surface area contributed by atoms with Crippen molar-refractivity contribution < 1.29 is 35.3 Å². The second-order valence-corrected chi connectivity index (χ2v) is 16.4. The van der Waals surface area contributed by atoms with Gasteiger partial charge in [-0.15, -0.1) is 0 Å². The van der Waals surface area contributed by atoms with Crippen LogP contribution in [0.4, 0.5) is 0 Å².